The third-order valence-electron chi connectivity index (χ3n) is 3.75. The van der Waals surface area contributed by atoms with Crippen molar-refractivity contribution in [2.75, 3.05) is 12.9 Å². The summed E-state index contributed by atoms with van der Waals surface area (Å²) in [6.45, 7) is 1.30. The second-order valence-corrected chi connectivity index (χ2v) is 7.07. The van der Waals surface area contributed by atoms with Gasteiger partial charge in [0.15, 0.2) is 5.16 Å². The molecular formula is C15H19N3O2S2. The molecule has 0 aliphatic carbocycles. The van der Waals surface area contributed by atoms with Gasteiger partial charge in [0.1, 0.15) is 0 Å². The smallest absolute Gasteiger partial charge is 0.261 e. The number of nitrogens with one attached hydrogen (secondary N) is 1. The van der Waals surface area contributed by atoms with Gasteiger partial charge in [0.05, 0.1) is 29.4 Å². The molecule has 1 N–H and O–H groups in total. The normalized spacial score (nSPS) is 17.8. The number of hydrogen-bond acceptors (Lipinski definition) is 5. The van der Waals surface area contributed by atoms with Gasteiger partial charge in [-0.3, -0.25) is 4.79 Å². The highest BCUT2D eigenvalue weighted by Crippen LogP contribution is 2.33. The van der Waals surface area contributed by atoms with Crippen molar-refractivity contribution in [2.24, 2.45) is 7.05 Å². The number of aromatic nitrogens is 2. The summed E-state index contributed by atoms with van der Waals surface area (Å²) in [6, 6.07) is 3.89. The lowest BCUT2D eigenvalue weighted by Gasteiger charge is -2.06. The molecule has 0 spiro atoms. The van der Waals surface area contributed by atoms with E-state index >= 15 is 0 Å². The Morgan fingerprint density at radius 3 is 3.14 bits per heavy atom. The van der Waals surface area contributed by atoms with E-state index in [1.54, 1.807) is 18.0 Å². The molecule has 0 bridgehead atoms. The van der Waals surface area contributed by atoms with Gasteiger partial charge in [0, 0.05) is 18.5 Å². The van der Waals surface area contributed by atoms with Gasteiger partial charge >= 0.3 is 0 Å². The molecule has 1 amide bonds. The van der Waals surface area contributed by atoms with Crippen LogP contribution in [0.3, 0.4) is 0 Å². The van der Waals surface area contributed by atoms with E-state index in [0.717, 1.165) is 40.1 Å². The molecular weight excluding hydrogens is 318 g/mol. The molecule has 22 heavy (non-hydrogen) atoms. The van der Waals surface area contributed by atoms with Crippen LogP contribution in [0.25, 0.3) is 0 Å². The van der Waals surface area contributed by atoms with E-state index in [4.69, 9.17) is 4.74 Å². The molecule has 0 unspecified atom stereocenters. The van der Waals surface area contributed by atoms with Crippen molar-refractivity contribution in [2.45, 2.75) is 30.6 Å². The highest BCUT2D eigenvalue weighted by molar-refractivity contribution is 7.98. The van der Waals surface area contributed by atoms with Crippen LogP contribution in [-0.4, -0.2) is 28.3 Å². The van der Waals surface area contributed by atoms with Crippen LogP contribution in [0.5, 0.6) is 0 Å². The van der Waals surface area contributed by atoms with E-state index in [1.807, 2.05) is 30.0 Å². The Morgan fingerprint density at radius 2 is 2.45 bits per heavy atom. The van der Waals surface area contributed by atoms with Gasteiger partial charge < -0.3 is 14.6 Å². The fourth-order valence-electron chi connectivity index (χ4n) is 2.49. The molecule has 1 aliphatic heterocycles. The molecule has 118 valence electrons. The van der Waals surface area contributed by atoms with Crippen LogP contribution in [0.15, 0.2) is 23.5 Å². The Hall–Kier alpha value is -1.31. The summed E-state index contributed by atoms with van der Waals surface area (Å²) >= 11 is 3.12. The van der Waals surface area contributed by atoms with E-state index < -0.39 is 0 Å². The number of thioether (sulfide) groups is 1. The molecule has 1 atom stereocenters. The molecule has 3 rings (SSSR count). The minimum atomic E-state index is -0.0406. The van der Waals surface area contributed by atoms with Gasteiger partial charge in [0.2, 0.25) is 0 Å². The lowest BCUT2D eigenvalue weighted by Crippen LogP contribution is -2.23. The van der Waals surface area contributed by atoms with Crippen molar-refractivity contribution in [3.8, 4) is 0 Å². The largest absolute Gasteiger partial charge is 0.373 e. The second-order valence-electron chi connectivity index (χ2n) is 5.18. The van der Waals surface area contributed by atoms with Crippen LogP contribution in [0.4, 0.5) is 0 Å². The van der Waals surface area contributed by atoms with Crippen LogP contribution in [0, 0.1) is 0 Å². The Balaban J connectivity index is 1.60. The fraction of sp³-hybridized carbons (Fsp3) is 0.467. The summed E-state index contributed by atoms with van der Waals surface area (Å²) in [5.74, 6) is -0.0406. The van der Waals surface area contributed by atoms with Gasteiger partial charge in [-0.2, -0.15) is 0 Å². The molecule has 2 aromatic rings. The van der Waals surface area contributed by atoms with Crippen LogP contribution >= 0.6 is 23.1 Å². The summed E-state index contributed by atoms with van der Waals surface area (Å²) in [4.78, 5) is 18.4. The van der Waals surface area contributed by atoms with E-state index in [-0.39, 0.29) is 12.0 Å². The average molecular weight is 337 g/mol. The van der Waals surface area contributed by atoms with Crippen molar-refractivity contribution in [3.05, 3.63) is 33.8 Å². The first-order chi connectivity index (χ1) is 10.7. The number of rotatable bonds is 5. The Labute approximate surface area is 138 Å². The maximum atomic E-state index is 12.3. The average Bonchev–Trinajstić information content (AvgIpc) is 3.25. The molecule has 2 aromatic heterocycles. The van der Waals surface area contributed by atoms with Crippen LogP contribution in [0.1, 0.15) is 39.2 Å². The van der Waals surface area contributed by atoms with Gasteiger partial charge in [0.25, 0.3) is 5.91 Å². The standard InChI is InChI=1S/C15H19N3O2S2/c1-18-10(9-17-15(18)21-2)8-16-14(19)13-6-5-12(22-13)11-4-3-7-20-11/h5-6,9,11H,3-4,7-8H2,1-2H3,(H,16,19)/t11-/m0/s1. The zero-order valence-corrected chi connectivity index (χ0v) is 14.3. The number of hydrogen-bond donors (Lipinski definition) is 1. The minimum Gasteiger partial charge on any atom is -0.373 e. The fourth-order valence-corrected chi connectivity index (χ4v) is 4.05. The first kappa shape index (κ1) is 15.6. The summed E-state index contributed by atoms with van der Waals surface area (Å²) < 4.78 is 7.65. The maximum absolute atomic E-state index is 12.3. The zero-order valence-electron chi connectivity index (χ0n) is 12.7. The van der Waals surface area contributed by atoms with Gasteiger partial charge in [-0.1, -0.05) is 11.8 Å². The molecule has 1 aliphatic rings. The molecule has 0 aromatic carbocycles. The Bertz CT molecular complexity index is 660. The van der Waals surface area contributed by atoms with Gasteiger partial charge in [-0.25, -0.2) is 4.98 Å². The second kappa shape index (κ2) is 6.85. The molecule has 1 fully saturated rings. The van der Waals surface area contributed by atoms with E-state index in [0.29, 0.717) is 6.54 Å². The van der Waals surface area contributed by atoms with E-state index in [1.165, 1.54) is 11.3 Å². The highest BCUT2D eigenvalue weighted by Gasteiger charge is 2.21. The number of imidazole rings is 1. The van der Waals surface area contributed by atoms with Crippen molar-refractivity contribution < 1.29 is 9.53 Å². The molecule has 5 nitrogen and oxygen atoms in total. The lowest BCUT2D eigenvalue weighted by molar-refractivity contribution is 0.0954. The van der Waals surface area contributed by atoms with Crippen LogP contribution in [-0.2, 0) is 18.3 Å². The predicted octanol–water partition coefficient (Wildman–Crippen LogP) is 2.99. The summed E-state index contributed by atoms with van der Waals surface area (Å²) in [5.41, 5.74) is 0.994. The molecule has 3 heterocycles. The minimum absolute atomic E-state index is 0.0406. The molecule has 1 saturated heterocycles. The highest BCUT2D eigenvalue weighted by atomic mass is 32.2. The van der Waals surface area contributed by atoms with Crippen molar-refractivity contribution in [1.29, 1.82) is 0 Å². The molecule has 0 saturated carbocycles. The van der Waals surface area contributed by atoms with Gasteiger partial charge in [-0.05, 0) is 31.2 Å². The number of ether oxygens (including phenoxy) is 1. The number of carbonyl (C=O) groups excluding carboxylic acids is 1. The Kier molecular flexibility index (Phi) is 4.85. The molecule has 7 heteroatoms. The molecule has 0 radical (unpaired) electrons. The summed E-state index contributed by atoms with van der Waals surface area (Å²) in [5, 5.41) is 3.90. The predicted molar refractivity (Wildman–Crippen MR) is 88.4 cm³/mol. The summed E-state index contributed by atoms with van der Waals surface area (Å²) in [6.07, 6.45) is 6.12. The quantitative estimate of drug-likeness (QED) is 0.852. The topological polar surface area (TPSA) is 56.1 Å². The number of carbonyl (C=O) groups is 1. The Morgan fingerprint density at radius 1 is 1.59 bits per heavy atom. The van der Waals surface area contributed by atoms with Crippen molar-refractivity contribution in [3.63, 3.8) is 0 Å². The van der Waals surface area contributed by atoms with Crippen LogP contribution in [0.2, 0.25) is 0 Å². The van der Waals surface area contributed by atoms with E-state index in [9.17, 15) is 4.79 Å². The van der Waals surface area contributed by atoms with Crippen LogP contribution < -0.4 is 5.32 Å². The zero-order chi connectivity index (χ0) is 15.5. The van der Waals surface area contributed by atoms with E-state index in [2.05, 4.69) is 10.3 Å². The third kappa shape index (κ3) is 3.21. The number of amides is 1. The number of nitrogens with zero attached hydrogens (tertiary/aromatic N) is 2. The third-order valence-corrected chi connectivity index (χ3v) is 5.67. The number of thiophene rings is 1. The first-order valence-electron chi connectivity index (χ1n) is 7.23. The lowest BCUT2D eigenvalue weighted by atomic mass is 10.2. The summed E-state index contributed by atoms with van der Waals surface area (Å²) in [7, 11) is 1.96. The maximum Gasteiger partial charge on any atom is 0.261 e. The van der Waals surface area contributed by atoms with Gasteiger partial charge in [-0.15, -0.1) is 11.3 Å². The monoisotopic (exact) mass is 337 g/mol. The SMILES string of the molecule is CSc1ncc(CNC(=O)c2ccc([C@@H]3CCCO3)s2)n1C. The first-order valence-corrected chi connectivity index (χ1v) is 9.27. The van der Waals surface area contributed by atoms with Crippen molar-refractivity contribution in [1.82, 2.24) is 14.9 Å². The van der Waals surface area contributed by atoms with Crippen molar-refractivity contribution >= 4 is 29.0 Å².